The number of hydrogen-bond donors (Lipinski definition) is 1. The fourth-order valence-corrected chi connectivity index (χ4v) is 3.08. The van der Waals surface area contributed by atoms with Crippen molar-refractivity contribution in [2.24, 2.45) is 5.92 Å². The van der Waals surface area contributed by atoms with E-state index < -0.39 is 45.9 Å². The zero-order valence-electron chi connectivity index (χ0n) is 16.0. The van der Waals surface area contributed by atoms with Crippen LogP contribution in [0.2, 0.25) is 0 Å². The summed E-state index contributed by atoms with van der Waals surface area (Å²) in [5, 5.41) is 0. The van der Waals surface area contributed by atoms with Crippen LogP contribution in [-0.4, -0.2) is 33.2 Å². The van der Waals surface area contributed by atoms with Crippen LogP contribution >= 0.6 is 0 Å². The molecule has 150 valence electrons. The number of carbonyl (C=O) groups is 1. The number of nitrogens with one attached hydrogen (secondary N) is 1. The van der Waals surface area contributed by atoms with E-state index in [9.17, 15) is 22.2 Å². The largest absolute Gasteiger partial charge is 0.463 e. The molecule has 0 rings (SSSR count). The van der Waals surface area contributed by atoms with Gasteiger partial charge in [-0.25, -0.2) is 8.93 Å². The summed E-state index contributed by atoms with van der Waals surface area (Å²) in [4.78, 5) is 12.3. The molecule has 0 bridgehead atoms. The molecule has 0 aromatic carbocycles. The summed E-state index contributed by atoms with van der Waals surface area (Å²) in [7, 11) is -1.95. The van der Waals surface area contributed by atoms with Gasteiger partial charge >= 0.3 is 12.1 Å². The molecule has 8 heteroatoms. The number of alkyl halides is 3. The van der Waals surface area contributed by atoms with E-state index in [-0.39, 0.29) is 6.42 Å². The van der Waals surface area contributed by atoms with Crippen LogP contribution in [0.25, 0.3) is 0 Å². The van der Waals surface area contributed by atoms with Gasteiger partial charge in [0, 0.05) is 0 Å². The van der Waals surface area contributed by atoms with Gasteiger partial charge in [-0.1, -0.05) is 32.6 Å². The molecule has 0 heterocycles. The fourth-order valence-electron chi connectivity index (χ4n) is 2.20. The summed E-state index contributed by atoms with van der Waals surface area (Å²) in [6.45, 7) is 9.91. The first-order valence-corrected chi connectivity index (χ1v) is 9.91. The zero-order valence-corrected chi connectivity index (χ0v) is 16.9. The average Bonchev–Trinajstić information content (AvgIpc) is 2.42. The van der Waals surface area contributed by atoms with E-state index in [4.69, 9.17) is 4.74 Å². The van der Waals surface area contributed by atoms with Crippen LogP contribution in [0.1, 0.15) is 73.6 Å². The molecule has 0 aliphatic heterocycles. The maximum absolute atomic E-state index is 13.6. The van der Waals surface area contributed by atoms with Crippen molar-refractivity contribution in [1.29, 1.82) is 0 Å². The monoisotopic (exact) mass is 387 g/mol. The molecular formula is C17H32F3NO3S. The van der Waals surface area contributed by atoms with Gasteiger partial charge in [0.1, 0.15) is 6.04 Å². The Morgan fingerprint density at radius 1 is 1.12 bits per heavy atom. The van der Waals surface area contributed by atoms with Crippen molar-refractivity contribution in [2.75, 3.05) is 0 Å². The number of carbonyl (C=O) groups excluding carboxylic acids is 1. The lowest BCUT2D eigenvalue weighted by molar-refractivity contribution is -0.181. The van der Waals surface area contributed by atoms with Gasteiger partial charge in [-0.3, -0.25) is 4.79 Å². The average molecular weight is 388 g/mol. The molecule has 3 atom stereocenters. The van der Waals surface area contributed by atoms with E-state index >= 15 is 0 Å². The number of ether oxygens (including phenoxy) is 1. The summed E-state index contributed by atoms with van der Waals surface area (Å²) in [5.74, 6) is -2.31. The van der Waals surface area contributed by atoms with E-state index in [0.717, 1.165) is 19.3 Å². The Labute approximate surface area is 151 Å². The SMILES string of the molecule is CCCCCC[C@@H](C(=O)OC(C)C)[C@@H](N[S@](=O)C(C)(C)C)C(F)(F)F. The quantitative estimate of drug-likeness (QED) is 0.443. The molecule has 0 aliphatic rings. The van der Waals surface area contributed by atoms with Crippen LogP contribution in [0.3, 0.4) is 0 Å². The molecular weight excluding hydrogens is 355 g/mol. The lowest BCUT2D eigenvalue weighted by Gasteiger charge is -2.31. The standard InChI is InChI=1S/C17H32F3NO3S/c1-7-8-9-10-11-13(15(22)24-12(2)3)14(17(18,19)20)21-25(23)16(4,5)6/h12-14,21H,7-11H2,1-6H3/t13-,14-,25-/m1/s1. The van der Waals surface area contributed by atoms with Crippen LogP contribution in [0, 0.1) is 5.92 Å². The number of esters is 1. The summed E-state index contributed by atoms with van der Waals surface area (Å²) in [6.07, 6.45) is -2.10. The smallest absolute Gasteiger partial charge is 0.405 e. The van der Waals surface area contributed by atoms with Crippen molar-refractivity contribution in [1.82, 2.24) is 4.72 Å². The predicted molar refractivity (Wildman–Crippen MR) is 94.4 cm³/mol. The molecule has 0 saturated carbocycles. The molecule has 0 amide bonds. The highest BCUT2D eigenvalue weighted by atomic mass is 32.2. The molecule has 25 heavy (non-hydrogen) atoms. The highest BCUT2D eigenvalue weighted by Gasteiger charge is 2.49. The minimum Gasteiger partial charge on any atom is -0.463 e. The van der Waals surface area contributed by atoms with Gasteiger partial charge in [-0.05, 0) is 41.0 Å². The molecule has 1 N–H and O–H groups in total. The summed E-state index contributed by atoms with van der Waals surface area (Å²) in [5.41, 5.74) is 0. The maximum atomic E-state index is 13.6. The molecule has 0 aromatic heterocycles. The van der Waals surface area contributed by atoms with E-state index in [2.05, 4.69) is 4.72 Å². The first-order valence-electron chi connectivity index (χ1n) is 8.76. The van der Waals surface area contributed by atoms with Crippen molar-refractivity contribution in [3.63, 3.8) is 0 Å². The first-order chi connectivity index (χ1) is 11.3. The summed E-state index contributed by atoms with van der Waals surface area (Å²) in [6, 6.07) is -2.19. The molecule has 0 fully saturated rings. The van der Waals surface area contributed by atoms with Gasteiger partial charge in [0.05, 0.1) is 27.8 Å². The molecule has 0 unspecified atom stereocenters. The highest BCUT2D eigenvalue weighted by Crippen LogP contribution is 2.31. The summed E-state index contributed by atoms with van der Waals surface area (Å²) >= 11 is 0. The Morgan fingerprint density at radius 2 is 1.68 bits per heavy atom. The highest BCUT2D eigenvalue weighted by molar-refractivity contribution is 7.84. The number of halogens is 3. The van der Waals surface area contributed by atoms with Gasteiger partial charge < -0.3 is 4.74 Å². The number of hydrogen-bond acceptors (Lipinski definition) is 3. The van der Waals surface area contributed by atoms with Crippen molar-refractivity contribution in [3.05, 3.63) is 0 Å². The first kappa shape index (κ1) is 24.4. The fraction of sp³-hybridized carbons (Fsp3) is 0.941. The van der Waals surface area contributed by atoms with Gasteiger partial charge in [0.25, 0.3) is 0 Å². The van der Waals surface area contributed by atoms with Crippen molar-refractivity contribution in [2.45, 2.75) is 96.7 Å². The molecule has 0 aliphatic carbocycles. The van der Waals surface area contributed by atoms with Crippen LogP contribution in [0.4, 0.5) is 13.2 Å². The second-order valence-corrected chi connectivity index (χ2v) is 9.46. The Bertz CT molecular complexity index is 434. The third kappa shape index (κ3) is 9.58. The van der Waals surface area contributed by atoms with Gasteiger partial charge in [0.2, 0.25) is 0 Å². The normalized spacial score (nSPS) is 16.6. The maximum Gasteiger partial charge on any atom is 0.405 e. The lowest BCUT2D eigenvalue weighted by Crippen LogP contribution is -2.53. The van der Waals surface area contributed by atoms with Gasteiger partial charge in [0.15, 0.2) is 0 Å². The lowest BCUT2D eigenvalue weighted by atomic mass is 9.93. The van der Waals surface area contributed by atoms with E-state index in [0.29, 0.717) is 6.42 Å². The minimum absolute atomic E-state index is 0.0457. The Morgan fingerprint density at radius 3 is 2.08 bits per heavy atom. The minimum atomic E-state index is -4.70. The molecule has 0 spiro atoms. The predicted octanol–water partition coefficient (Wildman–Crippen LogP) is 4.51. The van der Waals surface area contributed by atoms with Crippen LogP contribution < -0.4 is 4.72 Å². The van der Waals surface area contributed by atoms with Crippen molar-refractivity contribution < 1.29 is 26.9 Å². The zero-order chi connectivity index (χ0) is 19.8. The molecule has 0 saturated heterocycles. The van der Waals surface area contributed by atoms with Crippen molar-refractivity contribution in [3.8, 4) is 0 Å². The second-order valence-electron chi connectivity index (χ2n) is 7.46. The third-order valence-electron chi connectivity index (χ3n) is 3.57. The van der Waals surface area contributed by atoms with Crippen LogP contribution in [0.15, 0.2) is 0 Å². The Balaban J connectivity index is 5.42. The third-order valence-corrected chi connectivity index (χ3v) is 5.15. The Kier molecular flexibility index (Phi) is 10.2. The van der Waals surface area contributed by atoms with E-state index in [1.165, 1.54) is 0 Å². The van der Waals surface area contributed by atoms with Crippen LogP contribution in [0.5, 0.6) is 0 Å². The Hall–Kier alpha value is -0.630. The topological polar surface area (TPSA) is 55.4 Å². The van der Waals surface area contributed by atoms with Gasteiger partial charge in [-0.2, -0.15) is 13.2 Å². The van der Waals surface area contributed by atoms with Crippen LogP contribution in [-0.2, 0) is 20.5 Å². The van der Waals surface area contributed by atoms with Crippen molar-refractivity contribution >= 4 is 17.0 Å². The second kappa shape index (κ2) is 10.5. The van der Waals surface area contributed by atoms with E-state index in [1.807, 2.05) is 6.92 Å². The number of rotatable bonds is 10. The van der Waals surface area contributed by atoms with E-state index in [1.54, 1.807) is 34.6 Å². The molecule has 0 aromatic rings. The summed E-state index contributed by atoms with van der Waals surface area (Å²) < 4.78 is 59.3. The molecule has 4 nitrogen and oxygen atoms in total. The van der Waals surface area contributed by atoms with Gasteiger partial charge in [-0.15, -0.1) is 0 Å². The number of unbranched alkanes of at least 4 members (excludes halogenated alkanes) is 3. The molecule has 0 radical (unpaired) electrons.